The fourth-order valence-corrected chi connectivity index (χ4v) is 9.33. The van der Waals surface area contributed by atoms with Gasteiger partial charge in [0.2, 0.25) is 35.3 Å². The third-order valence-corrected chi connectivity index (χ3v) is 13.6. The largest absolute Gasteiger partial charge is 0.508 e. The SMILES string of the molecule is CCCOc1c(Oc2ccc(S(=O)(=O)c3ccc(O)cc3)cc2)ccc(S(=O)(=O)c2ccc(Oc3ccc(S(=O)(=O)c4ccc(O)cc4)cc3)cc2)c1OCC. The second-order valence-corrected chi connectivity index (χ2v) is 17.9. The van der Waals surface area contributed by atoms with Crippen LogP contribution in [0.5, 0.6) is 46.0 Å². The van der Waals surface area contributed by atoms with Crippen LogP contribution in [0, 0.1) is 0 Å². The summed E-state index contributed by atoms with van der Waals surface area (Å²) in [5.41, 5.74) is 0. The quantitative estimate of drug-likeness (QED) is 0.101. The lowest BCUT2D eigenvalue weighted by Crippen LogP contribution is -2.09. The first-order chi connectivity index (χ1) is 26.7. The van der Waals surface area contributed by atoms with Crippen LogP contribution in [-0.4, -0.2) is 48.7 Å². The molecule has 6 aromatic carbocycles. The standard InChI is InChI=1S/C41H36O12S3/c1-3-27-51-40-38(53-32-13-21-36(22-14-32)55(46,47)34-17-7-29(43)8-18-34)25-26-39(41(40)50-4-2)56(48,49)37-23-11-31(12-24-37)52-30-9-19-35(20-10-30)54(44,45)33-15-5-28(42)6-16-33/h5-26,42-43H,3-4,27H2,1-2H3. The van der Waals surface area contributed by atoms with E-state index in [2.05, 4.69) is 0 Å². The molecular formula is C41H36O12S3. The summed E-state index contributed by atoms with van der Waals surface area (Å²) in [7, 11) is -11.9. The highest BCUT2D eigenvalue weighted by Crippen LogP contribution is 2.46. The van der Waals surface area contributed by atoms with E-state index in [1.54, 1.807) is 6.92 Å². The maximum atomic E-state index is 14.1. The van der Waals surface area contributed by atoms with Gasteiger partial charge >= 0.3 is 0 Å². The molecule has 56 heavy (non-hydrogen) atoms. The Labute approximate surface area is 324 Å². The average molecular weight is 817 g/mol. The van der Waals surface area contributed by atoms with Crippen LogP contribution in [0.3, 0.4) is 0 Å². The first-order valence-electron chi connectivity index (χ1n) is 17.2. The molecule has 0 aliphatic heterocycles. The summed E-state index contributed by atoms with van der Waals surface area (Å²) in [6.07, 6.45) is 0.588. The molecule has 0 aliphatic carbocycles. The minimum absolute atomic E-state index is 0.00110. The van der Waals surface area contributed by atoms with E-state index >= 15 is 0 Å². The molecule has 0 aromatic heterocycles. The number of hydrogen-bond donors (Lipinski definition) is 2. The molecule has 0 atom stereocenters. The fourth-order valence-electron chi connectivity index (χ4n) is 5.41. The summed E-state index contributed by atoms with van der Waals surface area (Å²) >= 11 is 0. The summed E-state index contributed by atoms with van der Waals surface area (Å²) in [4.78, 5) is -0.189. The third kappa shape index (κ3) is 8.44. The van der Waals surface area contributed by atoms with E-state index in [4.69, 9.17) is 18.9 Å². The van der Waals surface area contributed by atoms with Gasteiger partial charge in [-0.3, -0.25) is 0 Å². The van der Waals surface area contributed by atoms with Gasteiger partial charge in [0.25, 0.3) is 0 Å². The van der Waals surface area contributed by atoms with Crippen LogP contribution in [0.2, 0.25) is 0 Å². The van der Waals surface area contributed by atoms with Crippen molar-refractivity contribution in [1.29, 1.82) is 0 Å². The Morgan fingerprint density at radius 3 is 1.20 bits per heavy atom. The van der Waals surface area contributed by atoms with Crippen LogP contribution in [0.25, 0.3) is 0 Å². The highest BCUT2D eigenvalue weighted by molar-refractivity contribution is 7.92. The number of phenols is 2. The monoisotopic (exact) mass is 816 g/mol. The average Bonchev–Trinajstić information content (AvgIpc) is 3.19. The topological polar surface area (TPSA) is 180 Å². The molecule has 0 amide bonds. The molecule has 6 aromatic rings. The molecule has 0 heterocycles. The number of ether oxygens (including phenoxy) is 4. The molecule has 0 aliphatic rings. The van der Waals surface area contributed by atoms with E-state index in [1.165, 1.54) is 133 Å². The molecule has 0 unspecified atom stereocenters. The Kier molecular flexibility index (Phi) is 11.6. The summed E-state index contributed by atoms with van der Waals surface area (Å²) in [5.74, 6) is 0.860. The Bertz CT molecular complexity index is 2640. The second kappa shape index (κ2) is 16.4. The molecule has 0 fully saturated rings. The van der Waals surface area contributed by atoms with Crippen molar-refractivity contribution in [3.05, 3.63) is 133 Å². The summed E-state index contributed by atoms with van der Waals surface area (Å²) in [6, 6.07) is 30.2. The first-order valence-corrected chi connectivity index (χ1v) is 21.6. The lowest BCUT2D eigenvalue weighted by Gasteiger charge is -2.19. The predicted octanol–water partition coefficient (Wildman–Crippen LogP) is 8.37. The number of aromatic hydroxyl groups is 2. The molecule has 290 valence electrons. The Hall–Kier alpha value is -6.03. The van der Waals surface area contributed by atoms with Gasteiger partial charge in [0.15, 0.2) is 11.5 Å². The van der Waals surface area contributed by atoms with Gasteiger partial charge in [0, 0.05) is 0 Å². The minimum atomic E-state index is -4.20. The van der Waals surface area contributed by atoms with Crippen molar-refractivity contribution in [2.75, 3.05) is 13.2 Å². The summed E-state index contributed by atoms with van der Waals surface area (Å²) in [5, 5.41) is 19.0. The van der Waals surface area contributed by atoms with Crippen LogP contribution in [0.15, 0.2) is 163 Å². The lowest BCUT2D eigenvalue weighted by atomic mass is 10.2. The number of sulfone groups is 3. The van der Waals surface area contributed by atoms with E-state index in [0.717, 1.165) is 0 Å². The van der Waals surface area contributed by atoms with Crippen molar-refractivity contribution in [2.24, 2.45) is 0 Å². The molecule has 0 bridgehead atoms. The molecule has 0 saturated heterocycles. The van der Waals surface area contributed by atoms with Crippen LogP contribution in [0.1, 0.15) is 20.3 Å². The van der Waals surface area contributed by atoms with Crippen LogP contribution < -0.4 is 18.9 Å². The summed E-state index contributed by atoms with van der Waals surface area (Å²) < 4.78 is 104. The first kappa shape index (κ1) is 39.7. The van der Waals surface area contributed by atoms with E-state index in [-0.39, 0.29) is 77.1 Å². The van der Waals surface area contributed by atoms with Crippen molar-refractivity contribution in [3.63, 3.8) is 0 Å². The smallest absolute Gasteiger partial charge is 0.210 e. The molecular weight excluding hydrogens is 781 g/mol. The molecule has 0 radical (unpaired) electrons. The Morgan fingerprint density at radius 2 is 0.804 bits per heavy atom. The fraction of sp³-hybridized carbons (Fsp3) is 0.122. The van der Waals surface area contributed by atoms with Crippen LogP contribution >= 0.6 is 0 Å². The van der Waals surface area contributed by atoms with Crippen LogP contribution in [-0.2, 0) is 29.5 Å². The highest BCUT2D eigenvalue weighted by Gasteiger charge is 2.29. The summed E-state index contributed by atoms with van der Waals surface area (Å²) in [6.45, 7) is 3.88. The van der Waals surface area contributed by atoms with Gasteiger partial charge < -0.3 is 29.2 Å². The zero-order valence-electron chi connectivity index (χ0n) is 30.0. The van der Waals surface area contributed by atoms with Gasteiger partial charge in [-0.1, -0.05) is 6.92 Å². The second-order valence-electron chi connectivity index (χ2n) is 12.1. The van der Waals surface area contributed by atoms with Gasteiger partial charge in [-0.05, 0) is 147 Å². The van der Waals surface area contributed by atoms with Crippen molar-refractivity contribution >= 4 is 29.5 Å². The number of benzene rings is 6. The van der Waals surface area contributed by atoms with Gasteiger partial charge in [-0.25, -0.2) is 25.3 Å². The van der Waals surface area contributed by atoms with Crippen LogP contribution in [0.4, 0.5) is 0 Å². The van der Waals surface area contributed by atoms with E-state index in [1.807, 2.05) is 6.92 Å². The number of hydrogen-bond acceptors (Lipinski definition) is 12. The van der Waals surface area contributed by atoms with Gasteiger partial charge in [-0.15, -0.1) is 0 Å². The minimum Gasteiger partial charge on any atom is -0.508 e. The number of rotatable bonds is 15. The van der Waals surface area contributed by atoms with Gasteiger partial charge in [0.05, 0.1) is 37.7 Å². The molecule has 0 saturated carbocycles. The van der Waals surface area contributed by atoms with Crippen molar-refractivity contribution in [2.45, 2.75) is 49.6 Å². The molecule has 12 nitrogen and oxygen atoms in total. The van der Waals surface area contributed by atoms with Crippen molar-refractivity contribution in [1.82, 2.24) is 0 Å². The molecule has 0 spiro atoms. The van der Waals surface area contributed by atoms with E-state index in [0.29, 0.717) is 17.9 Å². The normalized spacial score (nSPS) is 11.8. The molecule has 6 rings (SSSR count). The van der Waals surface area contributed by atoms with E-state index < -0.39 is 29.5 Å². The van der Waals surface area contributed by atoms with Gasteiger partial charge in [0.1, 0.15) is 33.6 Å². The van der Waals surface area contributed by atoms with E-state index in [9.17, 15) is 35.5 Å². The highest BCUT2D eigenvalue weighted by atomic mass is 32.2. The maximum absolute atomic E-state index is 14.1. The lowest BCUT2D eigenvalue weighted by molar-refractivity contribution is 0.261. The van der Waals surface area contributed by atoms with Crippen molar-refractivity contribution in [3.8, 4) is 46.0 Å². The van der Waals surface area contributed by atoms with Gasteiger partial charge in [-0.2, -0.15) is 0 Å². The van der Waals surface area contributed by atoms with Crippen molar-refractivity contribution < 1.29 is 54.4 Å². The zero-order valence-corrected chi connectivity index (χ0v) is 32.5. The maximum Gasteiger partial charge on any atom is 0.210 e. The third-order valence-electron chi connectivity index (χ3n) is 8.23. The Morgan fingerprint density at radius 1 is 0.429 bits per heavy atom. The predicted molar refractivity (Wildman–Crippen MR) is 205 cm³/mol. The zero-order chi connectivity index (χ0) is 40.1. The molecule has 2 N–H and O–H groups in total. The molecule has 15 heteroatoms. The Balaban J connectivity index is 1.23. The number of phenolic OH excluding ortho intramolecular Hbond substituents is 2.